The monoisotopic (exact) mass is 472 g/mol. The van der Waals surface area contributed by atoms with Crippen LogP contribution in [0.5, 0.6) is 0 Å². The van der Waals surface area contributed by atoms with E-state index in [0.29, 0.717) is 0 Å². The van der Waals surface area contributed by atoms with Crippen molar-refractivity contribution in [1.29, 1.82) is 0 Å². The third kappa shape index (κ3) is 11.2. The van der Waals surface area contributed by atoms with Crippen molar-refractivity contribution in [3.8, 4) is 0 Å². The van der Waals surface area contributed by atoms with E-state index in [1.54, 1.807) is 6.08 Å². The first-order valence-electron chi connectivity index (χ1n) is 11.9. The number of esters is 1. The normalized spacial score (nSPS) is 15.6. The lowest BCUT2D eigenvalue weighted by Crippen LogP contribution is -2.43. The van der Waals surface area contributed by atoms with E-state index in [4.69, 9.17) is 13.6 Å². The number of hydrogen-bond donors (Lipinski definition) is 0. The fourth-order valence-corrected chi connectivity index (χ4v) is 5.13. The van der Waals surface area contributed by atoms with Crippen LogP contribution in [0.25, 0.3) is 0 Å². The van der Waals surface area contributed by atoms with Crippen molar-refractivity contribution in [2.24, 2.45) is 0 Å². The molecule has 1 atom stereocenters. The second-order valence-electron chi connectivity index (χ2n) is 12.8. The Morgan fingerprint density at radius 3 is 1.74 bits per heavy atom. The largest absolute Gasteiger partial charge is 0.546 e. The van der Waals surface area contributed by atoms with E-state index in [-0.39, 0.29) is 22.1 Å². The Morgan fingerprint density at radius 1 is 0.871 bits per heavy atom. The van der Waals surface area contributed by atoms with Crippen molar-refractivity contribution in [3.05, 3.63) is 11.8 Å². The molecule has 0 saturated heterocycles. The molecule has 0 spiro atoms. The topological polar surface area (TPSA) is 44.8 Å². The van der Waals surface area contributed by atoms with Gasteiger partial charge in [-0.25, -0.2) is 4.79 Å². The summed E-state index contributed by atoms with van der Waals surface area (Å²) in [5.74, 6) is 0.425. The average molecular weight is 473 g/mol. The van der Waals surface area contributed by atoms with Crippen molar-refractivity contribution in [2.45, 2.75) is 143 Å². The summed E-state index contributed by atoms with van der Waals surface area (Å²) >= 11 is 0. The molecule has 6 heteroatoms. The van der Waals surface area contributed by atoms with Crippen LogP contribution in [-0.4, -0.2) is 34.3 Å². The van der Waals surface area contributed by atoms with Gasteiger partial charge in [0, 0.05) is 12.5 Å². The first kappa shape index (κ1) is 30.4. The summed E-state index contributed by atoms with van der Waals surface area (Å²) in [6.45, 7) is 30.4. The molecule has 31 heavy (non-hydrogen) atoms. The SMILES string of the molecule is CCC(CCC/C(=C\C(=O)OC(C)(C)C)O[Si](C)(C)C(C)(C)C)O[Si](C)(C)C(C)(C)C. The second-order valence-corrected chi connectivity index (χ2v) is 22.3. The maximum absolute atomic E-state index is 12.5. The number of ether oxygens (including phenoxy) is 1. The van der Waals surface area contributed by atoms with Crippen LogP contribution in [0.15, 0.2) is 11.8 Å². The minimum atomic E-state index is -2.04. The minimum absolute atomic E-state index is 0.0669. The lowest BCUT2D eigenvalue weighted by Gasteiger charge is -2.39. The van der Waals surface area contributed by atoms with Gasteiger partial charge in [-0.3, -0.25) is 0 Å². The van der Waals surface area contributed by atoms with Crippen molar-refractivity contribution in [3.63, 3.8) is 0 Å². The Kier molecular flexibility index (Phi) is 10.8. The molecule has 1 unspecified atom stereocenters. The Balaban J connectivity index is 5.34. The molecule has 0 aliphatic rings. The maximum Gasteiger partial charge on any atom is 0.334 e. The van der Waals surface area contributed by atoms with Crippen LogP contribution in [0, 0.1) is 0 Å². The molecule has 0 heterocycles. The van der Waals surface area contributed by atoms with Gasteiger partial charge in [0.05, 0.1) is 11.8 Å². The van der Waals surface area contributed by atoms with Gasteiger partial charge in [-0.15, -0.1) is 0 Å². The van der Waals surface area contributed by atoms with E-state index in [9.17, 15) is 4.79 Å². The summed E-state index contributed by atoms with van der Waals surface area (Å²) in [4.78, 5) is 12.5. The summed E-state index contributed by atoms with van der Waals surface area (Å²) in [5.41, 5.74) is -0.514. The van der Waals surface area contributed by atoms with Gasteiger partial charge in [-0.2, -0.15) is 0 Å². The molecule has 0 N–H and O–H groups in total. The van der Waals surface area contributed by atoms with Crippen LogP contribution in [0.3, 0.4) is 0 Å². The lowest BCUT2D eigenvalue weighted by molar-refractivity contribution is -0.148. The predicted octanol–water partition coefficient (Wildman–Crippen LogP) is 8.20. The molecule has 4 nitrogen and oxygen atoms in total. The van der Waals surface area contributed by atoms with Gasteiger partial charge < -0.3 is 13.6 Å². The molecule has 0 saturated carbocycles. The molecule has 0 rings (SSSR count). The van der Waals surface area contributed by atoms with E-state index < -0.39 is 22.2 Å². The average Bonchev–Trinajstić information content (AvgIpc) is 2.48. The summed E-state index contributed by atoms with van der Waals surface area (Å²) in [6, 6.07) is 0. The molecule has 184 valence electrons. The minimum Gasteiger partial charge on any atom is -0.546 e. The van der Waals surface area contributed by atoms with E-state index >= 15 is 0 Å². The first-order chi connectivity index (χ1) is 13.6. The van der Waals surface area contributed by atoms with Gasteiger partial charge in [-0.1, -0.05) is 48.5 Å². The van der Waals surface area contributed by atoms with E-state index in [0.717, 1.165) is 31.4 Å². The molecule has 0 radical (unpaired) electrons. The van der Waals surface area contributed by atoms with E-state index in [1.165, 1.54) is 0 Å². The summed E-state index contributed by atoms with van der Waals surface area (Å²) in [7, 11) is -3.84. The predicted molar refractivity (Wildman–Crippen MR) is 138 cm³/mol. The molecular weight excluding hydrogens is 420 g/mol. The third-order valence-corrected chi connectivity index (χ3v) is 15.5. The van der Waals surface area contributed by atoms with Crippen LogP contribution in [0.4, 0.5) is 0 Å². The van der Waals surface area contributed by atoms with Crippen LogP contribution < -0.4 is 0 Å². The molecule has 0 aromatic carbocycles. The van der Waals surface area contributed by atoms with Gasteiger partial charge in [0.15, 0.2) is 8.32 Å². The lowest BCUT2D eigenvalue weighted by atomic mass is 10.1. The number of hydrogen-bond acceptors (Lipinski definition) is 4. The van der Waals surface area contributed by atoms with Crippen molar-refractivity contribution in [2.75, 3.05) is 0 Å². The molecule has 0 amide bonds. The molecule has 0 bridgehead atoms. The van der Waals surface area contributed by atoms with Crippen LogP contribution in [0.2, 0.25) is 36.3 Å². The molecule has 0 aromatic rings. The standard InChI is InChI=1S/C25H52O4Si2/c1-15-20(28-30(11,12)24(5,6)7)17-16-18-21(19-22(26)27-23(2,3)4)29-31(13,14)25(8,9)10/h19-20H,15-18H2,1-14H3/b21-19+. The summed E-state index contributed by atoms with van der Waals surface area (Å²) < 4.78 is 18.7. The second kappa shape index (κ2) is 11.0. The Morgan fingerprint density at radius 2 is 1.35 bits per heavy atom. The molecular formula is C25H52O4Si2. The highest BCUT2D eigenvalue weighted by Gasteiger charge is 2.40. The Labute approximate surface area is 195 Å². The summed E-state index contributed by atoms with van der Waals surface area (Å²) in [6.07, 6.45) is 5.44. The summed E-state index contributed by atoms with van der Waals surface area (Å²) in [5, 5.41) is 0.269. The zero-order chi connectivity index (χ0) is 24.9. The third-order valence-electron chi connectivity index (χ3n) is 6.55. The Bertz CT molecular complexity index is 602. The number of rotatable bonds is 10. The molecule has 0 aliphatic carbocycles. The highest BCUT2D eigenvalue weighted by Crippen LogP contribution is 2.40. The van der Waals surface area contributed by atoms with Crippen LogP contribution in [-0.2, 0) is 18.4 Å². The van der Waals surface area contributed by atoms with Gasteiger partial charge in [-0.05, 0) is 76.3 Å². The van der Waals surface area contributed by atoms with Crippen LogP contribution in [0.1, 0.15) is 94.9 Å². The Hall–Kier alpha value is -0.596. The highest BCUT2D eigenvalue weighted by molar-refractivity contribution is 6.74. The zero-order valence-electron chi connectivity index (χ0n) is 23.1. The number of allylic oxidation sites excluding steroid dienone is 1. The maximum atomic E-state index is 12.5. The smallest absolute Gasteiger partial charge is 0.334 e. The zero-order valence-corrected chi connectivity index (χ0v) is 25.1. The number of carbonyl (C=O) groups is 1. The molecule has 0 fully saturated rings. The van der Waals surface area contributed by atoms with Crippen molar-refractivity contribution >= 4 is 22.6 Å². The van der Waals surface area contributed by atoms with Crippen molar-refractivity contribution in [1.82, 2.24) is 0 Å². The first-order valence-corrected chi connectivity index (χ1v) is 17.7. The molecule has 0 aromatic heterocycles. The fraction of sp³-hybridized carbons (Fsp3) is 0.880. The van der Waals surface area contributed by atoms with E-state index in [2.05, 4.69) is 74.7 Å². The highest BCUT2D eigenvalue weighted by atomic mass is 28.4. The quantitative estimate of drug-likeness (QED) is 0.139. The molecule has 0 aliphatic heterocycles. The van der Waals surface area contributed by atoms with Crippen LogP contribution >= 0.6 is 0 Å². The van der Waals surface area contributed by atoms with E-state index in [1.807, 2.05) is 20.8 Å². The van der Waals surface area contributed by atoms with Gasteiger partial charge >= 0.3 is 5.97 Å². The van der Waals surface area contributed by atoms with Crippen molar-refractivity contribution < 1.29 is 18.4 Å². The van der Waals surface area contributed by atoms with Gasteiger partial charge in [0.25, 0.3) is 0 Å². The van der Waals surface area contributed by atoms with Gasteiger partial charge in [0.1, 0.15) is 5.60 Å². The number of carbonyl (C=O) groups excluding carboxylic acids is 1. The fourth-order valence-electron chi connectivity index (χ4n) is 2.54. The van der Waals surface area contributed by atoms with Gasteiger partial charge in [0.2, 0.25) is 8.32 Å².